The van der Waals surface area contributed by atoms with Gasteiger partial charge in [0.05, 0.1) is 13.0 Å². The molecule has 0 fully saturated rings. The molecule has 0 saturated heterocycles. The van der Waals surface area contributed by atoms with Crippen molar-refractivity contribution >= 4 is 5.78 Å². The van der Waals surface area contributed by atoms with E-state index >= 15 is 0 Å². The zero-order valence-electron chi connectivity index (χ0n) is 6.16. The van der Waals surface area contributed by atoms with E-state index in [4.69, 9.17) is 5.73 Å². The molecule has 0 unspecified atom stereocenters. The van der Waals surface area contributed by atoms with Crippen molar-refractivity contribution < 1.29 is 4.79 Å². The summed E-state index contributed by atoms with van der Waals surface area (Å²) in [5.74, 6) is -0.0452. The van der Waals surface area contributed by atoms with Gasteiger partial charge >= 0.3 is 0 Å². The number of hydrogen-bond donors (Lipinski definition) is 1. The normalized spacial score (nSPS) is 9.55. The summed E-state index contributed by atoms with van der Waals surface area (Å²) < 4.78 is 0. The summed E-state index contributed by atoms with van der Waals surface area (Å²) in [6.07, 6.45) is 1.54. The van der Waals surface area contributed by atoms with Crippen LogP contribution in [0.25, 0.3) is 0 Å². The van der Waals surface area contributed by atoms with E-state index in [9.17, 15) is 4.79 Å². The van der Waals surface area contributed by atoms with Crippen LogP contribution in [-0.4, -0.2) is 12.3 Å². The first-order valence-corrected chi connectivity index (χ1v) is 3.45. The highest BCUT2D eigenvalue weighted by Gasteiger charge is 1.99. The standard InChI is InChI=1S/C9H10NO/c10-7-9(11)6-8-4-2-1-3-5-8/h1-6H,7,10H2. The minimum absolute atomic E-state index is 0.0452. The third kappa shape index (κ3) is 2.51. The fourth-order valence-corrected chi connectivity index (χ4v) is 0.794. The molecule has 2 N–H and O–H groups in total. The number of carbonyl (C=O) groups is 1. The van der Waals surface area contributed by atoms with Gasteiger partial charge in [0.25, 0.3) is 0 Å². The van der Waals surface area contributed by atoms with E-state index in [0.717, 1.165) is 5.56 Å². The monoisotopic (exact) mass is 148 g/mol. The molecule has 0 spiro atoms. The number of Topliss-reactive ketones (excluding diaryl/α,β-unsaturated/α-hetero) is 1. The highest BCUT2D eigenvalue weighted by atomic mass is 16.1. The largest absolute Gasteiger partial charge is 0.324 e. The number of nitrogens with two attached hydrogens (primary N) is 1. The zero-order valence-corrected chi connectivity index (χ0v) is 6.16. The van der Waals surface area contributed by atoms with Crippen LogP contribution in [0.3, 0.4) is 0 Å². The lowest BCUT2D eigenvalue weighted by molar-refractivity contribution is -0.114. The zero-order chi connectivity index (χ0) is 8.10. The van der Waals surface area contributed by atoms with Crippen molar-refractivity contribution in [2.24, 2.45) is 5.73 Å². The molecule has 0 aromatic heterocycles. The van der Waals surface area contributed by atoms with Crippen molar-refractivity contribution in [3.63, 3.8) is 0 Å². The Labute approximate surface area is 66.0 Å². The molecular formula is C9H10NO. The van der Waals surface area contributed by atoms with Crippen molar-refractivity contribution in [3.05, 3.63) is 42.3 Å². The Bertz CT molecular complexity index is 231. The van der Waals surface area contributed by atoms with Gasteiger partial charge in [-0.05, 0) is 5.56 Å². The average Bonchev–Trinajstić information content (AvgIpc) is 2.06. The second-order valence-corrected chi connectivity index (χ2v) is 2.23. The van der Waals surface area contributed by atoms with Crippen molar-refractivity contribution in [1.29, 1.82) is 0 Å². The Hall–Kier alpha value is -1.15. The first-order chi connectivity index (χ1) is 5.33. The number of hydrogen-bond acceptors (Lipinski definition) is 2. The summed E-state index contributed by atoms with van der Waals surface area (Å²) in [6.45, 7) is 0.0783. The molecule has 0 aliphatic carbocycles. The van der Waals surface area contributed by atoms with Gasteiger partial charge in [0.2, 0.25) is 0 Å². The van der Waals surface area contributed by atoms with E-state index in [1.165, 1.54) is 0 Å². The summed E-state index contributed by atoms with van der Waals surface area (Å²) in [5, 5.41) is 0. The van der Waals surface area contributed by atoms with Gasteiger partial charge in [-0.15, -0.1) is 0 Å². The molecule has 2 nitrogen and oxygen atoms in total. The molecule has 0 heterocycles. The van der Waals surface area contributed by atoms with E-state index in [1.807, 2.05) is 30.3 Å². The quantitative estimate of drug-likeness (QED) is 0.687. The SMILES string of the molecule is NCC(=O)[CH]c1ccccc1. The van der Waals surface area contributed by atoms with Crippen LogP contribution >= 0.6 is 0 Å². The highest BCUT2D eigenvalue weighted by Crippen LogP contribution is 2.01. The van der Waals surface area contributed by atoms with Crippen LogP contribution in [0.5, 0.6) is 0 Å². The molecule has 1 aromatic rings. The fraction of sp³-hybridized carbons (Fsp3) is 0.111. The molecule has 1 rings (SSSR count). The molecule has 0 aliphatic heterocycles. The number of benzene rings is 1. The van der Waals surface area contributed by atoms with Gasteiger partial charge in [0.15, 0.2) is 5.78 Å². The molecule has 1 radical (unpaired) electrons. The fourth-order valence-electron chi connectivity index (χ4n) is 0.794. The number of ketones is 1. The number of rotatable bonds is 3. The van der Waals surface area contributed by atoms with Crippen molar-refractivity contribution in [2.45, 2.75) is 0 Å². The Morgan fingerprint density at radius 1 is 1.36 bits per heavy atom. The second-order valence-electron chi connectivity index (χ2n) is 2.23. The van der Waals surface area contributed by atoms with E-state index in [2.05, 4.69) is 0 Å². The van der Waals surface area contributed by atoms with Gasteiger partial charge in [-0.3, -0.25) is 4.79 Å². The lowest BCUT2D eigenvalue weighted by Crippen LogP contribution is -2.13. The third-order valence-corrected chi connectivity index (χ3v) is 1.33. The summed E-state index contributed by atoms with van der Waals surface area (Å²) in [7, 11) is 0. The van der Waals surface area contributed by atoms with Crippen LogP contribution in [0.1, 0.15) is 5.56 Å². The predicted octanol–water partition coefficient (Wildman–Crippen LogP) is 0.767. The summed E-state index contributed by atoms with van der Waals surface area (Å²) in [5.41, 5.74) is 6.04. The Morgan fingerprint density at radius 2 is 2.00 bits per heavy atom. The lowest BCUT2D eigenvalue weighted by atomic mass is 10.1. The van der Waals surface area contributed by atoms with E-state index in [0.29, 0.717) is 0 Å². The van der Waals surface area contributed by atoms with Crippen LogP contribution in [0.15, 0.2) is 30.3 Å². The molecule has 0 saturated carbocycles. The van der Waals surface area contributed by atoms with Crippen molar-refractivity contribution in [2.75, 3.05) is 6.54 Å². The smallest absolute Gasteiger partial charge is 0.154 e. The highest BCUT2D eigenvalue weighted by molar-refractivity contribution is 5.91. The Kier molecular flexibility index (Phi) is 2.81. The third-order valence-electron chi connectivity index (χ3n) is 1.33. The van der Waals surface area contributed by atoms with Crippen LogP contribution < -0.4 is 5.73 Å². The first kappa shape index (κ1) is 7.95. The molecule has 0 atom stereocenters. The van der Waals surface area contributed by atoms with Gasteiger partial charge in [-0.1, -0.05) is 30.3 Å². The van der Waals surface area contributed by atoms with Gasteiger partial charge in [0.1, 0.15) is 0 Å². The molecule has 1 aromatic carbocycles. The van der Waals surface area contributed by atoms with Gasteiger partial charge in [-0.2, -0.15) is 0 Å². The van der Waals surface area contributed by atoms with E-state index in [1.54, 1.807) is 6.42 Å². The summed E-state index contributed by atoms with van der Waals surface area (Å²) in [4.78, 5) is 10.8. The molecule has 0 bridgehead atoms. The van der Waals surface area contributed by atoms with Crippen LogP contribution in [0.4, 0.5) is 0 Å². The molecule has 0 amide bonds. The van der Waals surface area contributed by atoms with Crippen LogP contribution in [0.2, 0.25) is 0 Å². The van der Waals surface area contributed by atoms with E-state index in [-0.39, 0.29) is 12.3 Å². The molecule has 11 heavy (non-hydrogen) atoms. The van der Waals surface area contributed by atoms with Crippen LogP contribution in [0, 0.1) is 6.42 Å². The maximum Gasteiger partial charge on any atom is 0.154 e. The maximum atomic E-state index is 10.8. The van der Waals surface area contributed by atoms with Crippen molar-refractivity contribution in [1.82, 2.24) is 0 Å². The van der Waals surface area contributed by atoms with Crippen LogP contribution in [-0.2, 0) is 4.79 Å². The lowest BCUT2D eigenvalue weighted by Gasteiger charge is -1.95. The molecule has 57 valence electrons. The summed E-state index contributed by atoms with van der Waals surface area (Å²) >= 11 is 0. The minimum Gasteiger partial charge on any atom is -0.324 e. The maximum absolute atomic E-state index is 10.8. The molecule has 2 heteroatoms. The van der Waals surface area contributed by atoms with Gasteiger partial charge in [0, 0.05) is 0 Å². The predicted molar refractivity (Wildman–Crippen MR) is 43.9 cm³/mol. The average molecular weight is 148 g/mol. The molecular weight excluding hydrogens is 138 g/mol. The van der Waals surface area contributed by atoms with Gasteiger partial charge in [-0.25, -0.2) is 0 Å². The Balaban J connectivity index is 2.58. The topological polar surface area (TPSA) is 43.1 Å². The summed E-state index contributed by atoms with van der Waals surface area (Å²) in [6, 6.07) is 9.41. The second kappa shape index (κ2) is 3.88. The first-order valence-electron chi connectivity index (χ1n) is 3.45. The van der Waals surface area contributed by atoms with Crippen molar-refractivity contribution in [3.8, 4) is 0 Å². The number of carbonyl (C=O) groups excluding carboxylic acids is 1. The van der Waals surface area contributed by atoms with E-state index < -0.39 is 0 Å². The molecule has 0 aliphatic rings. The minimum atomic E-state index is -0.0452. The van der Waals surface area contributed by atoms with Gasteiger partial charge < -0.3 is 5.73 Å². The Morgan fingerprint density at radius 3 is 2.55 bits per heavy atom.